The van der Waals surface area contributed by atoms with Crippen LogP contribution in [0, 0.1) is 12.3 Å². The zero-order valence-corrected chi connectivity index (χ0v) is 14.2. The largest absolute Gasteiger partial charge is 0.311 e. The maximum atomic E-state index is 6.40. The van der Waals surface area contributed by atoms with Crippen molar-refractivity contribution in [1.29, 1.82) is 0 Å². The van der Waals surface area contributed by atoms with Gasteiger partial charge in [0.05, 0.1) is 11.1 Å². The molecule has 0 amide bonds. The molecule has 0 spiro atoms. The van der Waals surface area contributed by atoms with E-state index in [9.17, 15) is 0 Å². The van der Waals surface area contributed by atoms with E-state index in [1.54, 1.807) is 0 Å². The summed E-state index contributed by atoms with van der Waals surface area (Å²) >= 11 is 6.40. The van der Waals surface area contributed by atoms with Gasteiger partial charge in [0.1, 0.15) is 11.3 Å². The number of hydrogen-bond donors (Lipinski definition) is 0. The molecule has 0 radical (unpaired) electrons. The summed E-state index contributed by atoms with van der Waals surface area (Å²) in [7, 11) is 0. The lowest BCUT2D eigenvalue weighted by Gasteiger charge is -2.18. The molecule has 116 valence electrons. The van der Waals surface area contributed by atoms with Gasteiger partial charge in [-0.3, -0.25) is 0 Å². The molecule has 2 aromatic rings. The quantitative estimate of drug-likeness (QED) is 0.739. The lowest BCUT2D eigenvalue weighted by molar-refractivity contribution is 0.383. The third-order valence-corrected chi connectivity index (χ3v) is 4.91. The van der Waals surface area contributed by atoms with Gasteiger partial charge in [-0.2, -0.15) is 5.10 Å². The number of aromatic nitrogens is 4. The van der Waals surface area contributed by atoms with Gasteiger partial charge in [0.15, 0.2) is 5.65 Å². The topological polar surface area (TPSA) is 35.6 Å². The van der Waals surface area contributed by atoms with Crippen LogP contribution in [0.4, 0.5) is 0 Å². The molecule has 21 heavy (non-hydrogen) atoms. The Morgan fingerprint density at radius 3 is 2.57 bits per heavy atom. The lowest BCUT2D eigenvalue weighted by atomic mass is 10.0. The summed E-state index contributed by atoms with van der Waals surface area (Å²) in [5, 5.41) is 4.55. The van der Waals surface area contributed by atoms with Crippen molar-refractivity contribution in [1.82, 2.24) is 19.3 Å². The van der Waals surface area contributed by atoms with E-state index in [0.717, 1.165) is 35.8 Å². The van der Waals surface area contributed by atoms with Crippen LogP contribution in [0.15, 0.2) is 0 Å². The summed E-state index contributed by atoms with van der Waals surface area (Å²) in [4.78, 5) is 4.80. The van der Waals surface area contributed by atoms with Gasteiger partial charge in [-0.05, 0) is 45.4 Å². The van der Waals surface area contributed by atoms with Crippen molar-refractivity contribution in [3.05, 3.63) is 11.5 Å². The predicted molar refractivity (Wildman–Crippen MR) is 86.8 cm³/mol. The van der Waals surface area contributed by atoms with E-state index in [1.807, 2.05) is 13.8 Å². The number of nitrogens with zero attached hydrogens (tertiary/aromatic N) is 4. The fraction of sp³-hybridized carbons (Fsp3) is 0.750. The number of halogens is 1. The molecule has 4 nitrogen and oxygen atoms in total. The molecular weight excluding hydrogens is 284 g/mol. The van der Waals surface area contributed by atoms with Crippen molar-refractivity contribution in [3.8, 4) is 0 Å². The van der Waals surface area contributed by atoms with Gasteiger partial charge < -0.3 is 4.57 Å². The van der Waals surface area contributed by atoms with Crippen LogP contribution in [-0.2, 0) is 13.1 Å². The van der Waals surface area contributed by atoms with Gasteiger partial charge in [-0.1, -0.05) is 13.3 Å². The Bertz CT molecular complexity index is 649. The molecule has 1 aliphatic carbocycles. The second kappa shape index (κ2) is 5.31. The summed E-state index contributed by atoms with van der Waals surface area (Å²) in [6.07, 6.45) is 5.20. The first-order valence-corrected chi connectivity index (χ1v) is 8.52. The van der Waals surface area contributed by atoms with Gasteiger partial charge in [-0.25, -0.2) is 9.67 Å². The first-order chi connectivity index (χ1) is 10.0. The molecule has 0 saturated heterocycles. The van der Waals surface area contributed by atoms with E-state index in [-0.39, 0.29) is 5.38 Å². The highest BCUT2D eigenvalue weighted by Gasteiger charge is 2.43. The van der Waals surface area contributed by atoms with Crippen molar-refractivity contribution in [2.75, 3.05) is 0 Å². The molecule has 5 heteroatoms. The molecule has 1 aliphatic rings. The lowest BCUT2D eigenvalue weighted by Crippen LogP contribution is -2.16. The number of hydrogen-bond acceptors (Lipinski definition) is 2. The highest BCUT2D eigenvalue weighted by atomic mass is 35.5. The summed E-state index contributed by atoms with van der Waals surface area (Å²) < 4.78 is 4.42. The van der Waals surface area contributed by atoms with Crippen molar-refractivity contribution in [3.63, 3.8) is 0 Å². The van der Waals surface area contributed by atoms with Crippen LogP contribution in [0.5, 0.6) is 0 Å². The molecule has 2 aromatic heterocycles. The number of rotatable bonds is 6. The third kappa shape index (κ3) is 2.48. The molecule has 3 rings (SSSR count). The normalized spacial score (nSPS) is 18.3. The second-order valence-electron chi connectivity index (χ2n) is 6.50. The zero-order chi connectivity index (χ0) is 15.2. The summed E-state index contributed by atoms with van der Waals surface area (Å²) in [5.74, 6) is 0.997. The summed E-state index contributed by atoms with van der Waals surface area (Å²) in [6, 6.07) is 0. The SMILES string of the molecule is CCCC1(Cn2c(C(C)Cl)nc3c(C)nn(CC)c32)CC1. The zero-order valence-electron chi connectivity index (χ0n) is 13.5. The minimum Gasteiger partial charge on any atom is -0.311 e. The molecule has 0 N–H and O–H groups in total. The Morgan fingerprint density at radius 2 is 2.05 bits per heavy atom. The average molecular weight is 309 g/mol. The summed E-state index contributed by atoms with van der Waals surface area (Å²) in [6.45, 7) is 10.4. The van der Waals surface area contributed by atoms with Crippen molar-refractivity contribution >= 4 is 22.8 Å². The van der Waals surface area contributed by atoms with Crippen LogP contribution in [-0.4, -0.2) is 19.3 Å². The Kier molecular flexibility index (Phi) is 3.76. The van der Waals surface area contributed by atoms with Crippen molar-refractivity contribution in [2.45, 2.75) is 71.8 Å². The number of fused-ring (bicyclic) bond motifs is 1. The Hall–Kier alpha value is -1.03. The smallest absolute Gasteiger partial charge is 0.158 e. The Balaban J connectivity index is 2.11. The van der Waals surface area contributed by atoms with Gasteiger partial charge in [-0.15, -0.1) is 11.6 Å². The highest BCUT2D eigenvalue weighted by molar-refractivity contribution is 6.20. The van der Waals surface area contributed by atoms with Crippen LogP contribution >= 0.6 is 11.6 Å². The molecule has 2 heterocycles. The van der Waals surface area contributed by atoms with E-state index < -0.39 is 0 Å². The molecular formula is C16H25ClN4. The van der Waals surface area contributed by atoms with Gasteiger partial charge in [0.25, 0.3) is 0 Å². The number of aryl methyl sites for hydroxylation is 2. The number of imidazole rings is 1. The predicted octanol–water partition coefficient (Wildman–Crippen LogP) is 4.44. The molecule has 1 saturated carbocycles. The van der Waals surface area contributed by atoms with Crippen molar-refractivity contribution < 1.29 is 0 Å². The maximum Gasteiger partial charge on any atom is 0.158 e. The van der Waals surface area contributed by atoms with E-state index in [0.29, 0.717) is 5.41 Å². The van der Waals surface area contributed by atoms with Crippen LogP contribution in [0.2, 0.25) is 0 Å². The molecule has 1 unspecified atom stereocenters. The third-order valence-electron chi connectivity index (χ3n) is 4.71. The molecule has 0 aromatic carbocycles. The first kappa shape index (κ1) is 14.9. The molecule has 0 aliphatic heterocycles. The second-order valence-corrected chi connectivity index (χ2v) is 7.15. The molecule has 0 bridgehead atoms. The maximum absolute atomic E-state index is 6.40. The van der Waals surface area contributed by atoms with Crippen molar-refractivity contribution in [2.24, 2.45) is 5.41 Å². The van der Waals surface area contributed by atoms with Gasteiger partial charge in [0, 0.05) is 13.1 Å². The van der Waals surface area contributed by atoms with Gasteiger partial charge in [0.2, 0.25) is 0 Å². The van der Waals surface area contributed by atoms with Crippen LogP contribution in [0.1, 0.15) is 63.3 Å². The van der Waals surface area contributed by atoms with Crippen LogP contribution < -0.4 is 0 Å². The number of alkyl halides is 1. The minimum absolute atomic E-state index is 0.0699. The summed E-state index contributed by atoms with van der Waals surface area (Å²) in [5.41, 5.74) is 3.65. The monoisotopic (exact) mass is 308 g/mol. The van der Waals surface area contributed by atoms with E-state index in [4.69, 9.17) is 16.6 Å². The Labute approximate surface area is 131 Å². The minimum atomic E-state index is -0.0699. The Morgan fingerprint density at radius 1 is 1.33 bits per heavy atom. The molecule has 1 fully saturated rings. The highest BCUT2D eigenvalue weighted by Crippen LogP contribution is 2.51. The van der Waals surface area contributed by atoms with Gasteiger partial charge >= 0.3 is 0 Å². The van der Waals surface area contributed by atoms with E-state index >= 15 is 0 Å². The molecule has 1 atom stereocenters. The first-order valence-electron chi connectivity index (χ1n) is 8.09. The van der Waals surface area contributed by atoms with E-state index in [2.05, 4.69) is 28.2 Å². The standard InChI is InChI=1S/C16H25ClN4/c1-5-7-16(8-9-16)10-20-14(11(3)17)18-13-12(4)19-21(6-2)15(13)20/h11H,5-10H2,1-4H3. The fourth-order valence-corrected chi connectivity index (χ4v) is 3.62. The average Bonchev–Trinajstić information content (AvgIpc) is 2.96. The van der Waals surface area contributed by atoms with Crippen LogP contribution in [0.3, 0.4) is 0 Å². The van der Waals surface area contributed by atoms with Crippen LogP contribution in [0.25, 0.3) is 11.2 Å². The van der Waals surface area contributed by atoms with E-state index in [1.165, 1.54) is 25.7 Å². The fourth-order valence-electron chi connectivity index (χ4n) is 3.45.